The third kappa shape index (κ3) is 4.37. The first-order valence-electron chi connectivity index (χ1n) is 9.15. The Hall–Kier alpha value is -1.94. The van der Waals surface area contributed by atoms with Crippen molar-refractivity contribution in [3.05, 3.63) is 65.0 Å². The molecule has 0 amide bonds. The molecule has 0 spiro atoms. The van der Waals surface area contributed by atoms with E-state index in [1.807, 2.05) is 25.1 Å². The van der Waals surface area contributed by atoms with Gasteiger partial charge >= 0.3 is 5.97 Å². The summed E-state index contributed by atoms with van der Waals surface area (Å²) >= 11 is 0. The van der Waals surface area contributed by atoms with E-state index in [0.29, 0.717) is 11.7 Å². The fourth-order valence-electron chi connectivity index (χ4n) is 3.62. The van der Waals surface area contributed by atoms with Crippen molar-refractivity contribution < 1.29 is 13.9 Å². The van der Waals surface area contributed by atoms with Crippen LogP contribution in [0.2, 0.25) is 6.04 Å². The Morgan fingerprint density at radius 1 is 1.12 bits per heavy atom. The summed E-state index contributed by atoms with van der Waals surface area (Å²) in [6.07, 6.45) is 4.74. The van der Waals surface area contributed by atoms with Crippen LogP contribution in [-0.2, 0) is 0 Å². The van der Waals surface area contributed by atoms with Gasteiger partial charge in [0, 0.05) is 10.2 Å². The fraction of sp³-hybridized carbons (Fsp3) is 0.381. The van der Waals surface area contributed by atoms with Crippen LogP contribution in [0.25, 0.3) is 0 Å². The average molecular weight is 357 g/mol. The summed E-state index contributed by atoms with van der Waals surface area (Å²) in [5.74, 6) is 0.588. The highest BCUT2D eigenvalue weighted by molar-refractivity contribution is 6.08. The van der Waals surface area contributed by atoms with Gasteiger partial charge in [0.15, 0.2) is 0 Å². The van der Waals surface area contributed by atoms with Crippen molar-refractivity contribution in [2.75, 3.05) is 0 Å². The number of esters is 1. The Labute approximate surface area is 151 Å². The normalized spacial score (nSPS) is 20.4. The first-order valence-corrected chi connectivity index (χ1v) is 10.6. The van der Waals surface area contributed by atoms with E-state index in [2.05, 4.69) is 0 Å². The Balaban J connectivity index is 1.69. The molecule has 1 aliphatic carbocycles. The maximum absolute atomic E-state index is 14.5. The number of carbonyl (C=O) groups excluding carboxylic acids is 1. The standard InChI is InChI=1S/C21H25FO2Si/c1-14-2-9-18(10-3-14)24-21(23)19-11-8-17(12-20(19)22)16-6-4-15(13-25)5-7-16/h2-3,8-12,15-16H,4-7,13H2,1,25H3. The summed E-state index contributed by atoms with van der Waals surface area (Å²) < 4.78 is 19.7. The maximum Gasteiger partial charge on any atom is 0.346 e. The molecule has 0 unspecified atom stereocenters. The summed E-state index contributed by atoms with van der Waals surface area (Å²) in [4.78, 5) is 12.2. The van der Waals surface area contributed by atoms with Gasteiger partial charge < -0.3 is 4.74 Å². The molecule has 2 nitrogen and oxygen atoms in total. The minimum atomic E-state index is -0.646. The zero-order valence-corrected chi connectivity index (χ0v) is 16.9. The molecule has 0 heterocycles. The molecule has 0 N–H and O–H groups in total. The number of hydrogen-bond acceptors (Lipinski definition) is 2. The molecule has 2 aromatic rings. The van der Waals surface area contributed by atoms with Crippen molar-refractivity contribution in [3.8, 4) is 5.75 Å². The van der Waals surface area contributed by atoms with E-state index < -0.39 is 11.8 Å². The molecule has 0 aliphatic heterocycles. The molecular weight excluding hydrogens is 331 g/mol. The van der Waals surface area contributed by atoms with Gasteiger partial charge in [-0.2, -0.15) is 0 Å². The molecule has 2 aromatic carbocycles. The van der Waals surface area contributed by atoms with E-state index in [0.717, 1.165) is 29.9 Å². The van der Waals surface area contributed by atoms with E-state index in [4.69, 9.17) is 4.74 Å². The number of carbonyl (C=O) groups is 1. The minimum absolute atomic E-state index is 0.00225. The average Bonchev–Trinajstić information content (AvgIpc) is 2.63. The Morgan fingerprint density at radius 2 is 1.80 bits per heavy atom. The van der Waals surface area contributed by atoms with Gasteiger partial charge in [-0.1, -0.05) is 42.6 Å². The number of aryl methyl sites for hydroxylation is 1. The van der Waals surface area contributed by atoms with E-state index in [-0.39, 0.29) is 5.56 Å². The lowest BCUT2D eigenvalue weighted by Gasteiger charge is -2.28. The van der Waals surface area contributed by atoms with Crippen molar-refractivity contribution in [3.63, 3.8) is 0 Å². The van der Waals surface area contributed by atoms with E-state index in [9.17, 15) is 9.18 Å². The molecule has 132 valence electrons. The number of ether oxygens (including phenoxy) is 1. The summed E-state index contributed by atoms with van der Waals surface area (Å²) in [6, 6.07) is 13.5. The summed E-state index contributed by atoms with van der Waals surface area (Å²) in [5, 5.41) is 0. The van der Waals surface area contributed by atoms with Crippen molar-refractivity contribution >= 4 is 16.2 Å². The van der Waals surface area contributed by atoms with Crippen molar-refractivity contribution in [2.45, 2.75) is 44.6 Å². The Bertz CT molecular complexity index is 734. The molecular formula is C21H25FO2Si. The predicted octanol–water partition coefficient (Wildman–Crippen LogP) is 4.41. The predicted molar refractivity (Wildman–Crippen MR) is 102 cm³/mol. The molecule has 0 radical (unpaired) electrons. The van der Waals surface area contributed by atoms with E-state index >= 15 is 0 Å². The largest absolute Gasteiger partial charge is 0.423 e. The zero-order chi connectivity index (χ0) is 17.8. The number of halogens is 1. The third-order valence-electron chi connectivity index (χ3n) is 5.34. The SMILES string of the molecule is Cc1ccc(OC(=O)c2ccc(C3CCC(C[SiH3])CC3)cc2F)cc1. The molecule has 1 aliphatic rings. The molecule has 1 fully saturated rings. The van der Waals surface area contributed by atoms with Crippen LogP contribution in [0.1, 0.15) is 53.1 Å². The highest BCUT2D eigenvalue weighted by atomic mass is 28.1. The molecule has 0 bridgehead atoms. The summed E-state index contributed by atoms with van der Waals surface area (Å²) in [7, 11) is 1.27. The van der Waals surface area contributed by atoms with Crippen LogP contribution >= 0.6 is 0 Å². The number of rotatable bonds is 4. The van der Waals surface area contributed by atoms with Gasteiger partial charge in [-0.15, -0.1) is 0 Å². The molecule has 3 rings (SSSR count). The second kappa shape index (κ2) is 7.96. The Kier molecular flexibility index (Phi) is 5.69. The number of benzene rings is 2. The fourth-order valence-corrected chi connectivity index (χ4v) is 4.44. The van der Waals surface area contributed by atoms with Gasteiger partial charge in [0.25, 0.3) is 0 Å². The van der Waals surface area contributed by atoms with Gasteiger partial charge in [-0.3, -0.25) is 0 Å². The lowest BCUT2D eigenvalue weighted by atomic mass is 9.79. The summed E-state index contributed by atoms with van der Waals surface area (Å²) in [6.45, 7) is 1.96. The van der Waals surface area contributed by atoms with Crippen LogP contribution in [0.15, 0.2) is 42.5 Å². The lowest BCUT2D eigenvalue weighted by molar-refractivity contribution is 0.0730. The van der Waals surface area contributed by atoms with Crippen LogP contribution in [0.5, 0.6) is 5.75 Å². The quantitative estimate of drug-likeness (QED) is 0.461. The second-order valence-electron chi connectivity index (χ2n) is 7.07. The highest BCUT2D eigenvalue weighted by Crippen LogP contribution is 2.37. The minimum Gasteiger partial charge on any atom is -0.423 e. The number of hydrogen-bond donors (Lipinski definition) is 0. The lowest BCUT2D eigenvalue weighted by Crippen LogP contribution is -2.14. The summed E-state index contributed by atoms with van der Waals surface area (Å²) in [5.41, 5.74) is 2.09. The highest BCUT2D eigenvalue weighted by Gasteiger charge is 2.23. The van der Waals surface area contributed by atoms with Crippen LogP contribution < -0.4 is 4.74 Å². The smallest absolute Gasteiger partial charge is 0.346 e. The molecule has 0 saturated heterocycles. The van der Waals surface area contributed by atoms with Gasteiger partial charge in [0.05, 0.1) is 5.56 Å². The van der Waals surface area contributed by atoms with Gasteiger partial charge in [-0.05, 0) is 61.4 Å². The van der Waals surface area contributed by atoms with Gasteiger partial charge in [-0.25, -0.2) is 9.18 Å². The van der Waals surface area contributed by atoms with Crippen LogP contribution in [0.4, 0.5) is 4.39 Å². The van der Waals surface area contributed by atoms with Gasteiger partial charge in [0.1, 0.15) is 11.6 Å². The van der Waals surface area contributed by atoms with Crippen molar-refractivity contribution in [2.24, 2.45) is 5.92 Å². The van der Waals surface area contributed by atoms with Crippen molar-refractivity contribution in [1.82, 2.24) is 0 Å². The van der Waals surface area contributed by atoms with E-state index in [1.165, 1.54) is 35.2 Å². The van der Waals surface area contributed by atoms with Crippen LogP contribution in [-0.4, -0.2) is 16.2 Å². The molecule has 4 heteroatoms. The first kappa shape index (κ1) is 17.9. The van der Waals surface area contributed by atoms with Crippen molar-refractivity contribution in [1.29, 1.82) is 0 Å². The van der Waals surface area contributed by atoms with Crippen LogP contribution in [0, 0.1) is 18.7 Å². The van der Waals surface area contributed by atoms with Gasteiger partial charge in [0.2, 0.25) is 0 Å². The topological polar surface area (TPSA) is 26.3 Å². The molecule has 0 aromatic heterocycles. The molecule has 1 saturated carbocycles. The zero-order valence-electron chi connectivity index (χ0n) is 14.9. The second-order valence-corrected chi connectivity index (χ2v) is 7.88. The maximum atomic E-state index is 14.5. The Morgan fingerprint density at radius 3 is 2.40 bits per heavy atom. The van der Waals surface area contributed by atoms with E-state index in [1.54, 1.807) is 18.2 Å². The monoisotopic (exact) mass is 356 g/mol. The van der Waals surface area contributed by atoms with Crippen LogP contribution in [0.3, 0.4) is 0 Å². The molecule has 25 heavy (non-hydrogen) atoms. The first-order chi connectivity index (χ1) is 12.1. The molecule has 0 atom stereocenters. The third-order valence-corrected chi connectivity index (χ3v) is 6.49.